The number of rotatable bonds is 4. The molecule has 0 saturated heterocycles. The Morgan fingerprint density at radius 2 is 2.41 bits per heavy atom. The standard InChI is InChI=1S/C11H11N3O3/c1-7-9(11(15)16)4-8(17-7)5-13-10-2-3-12-6-14-10/h2-4,6H,5H2,1H3,(H,15,16)(H,12,13,14). The van der Waals surface area contributed by atoms with E-state index in [1.54, 1.807) is 19.2 Å². The predicted molar refractivity (Wildman–Crippen MR) is 59.8 cm³/mol. The number of nitrogens with zero attached hydrogens (tertiary/aromatic N) is 2. The first kappa shape index (κ1) is 11.1. The normalized spacial score (nSPS) is 10.2. The summed E-state index contributed by atoms with van der Waals surface area (Å²) in [5.74, 6) is 0.626. The first-order chi connectivity index (χ1) is 8.16. The number of aromatic nitrogens is 2. The van der Waals surface area contributed by atoms with Crippen molar-refractivity contribution in [2.24, 2.45) is 0 Å². The Bertz CT molecular complexity index is 522. The summed E-state index contributed by atoms with van der Waals surface area (Å²) in [7, 11) is 0. The number of hydrogen-bond donors (Lipinski definition) is 2. The summed E-state index contributed by atoms with van der Waals surface area (Å²) in [6, 6.07) is 3.22. The number of hydrogen-bond acceptors (Lipinski definition) is 5. The molecule has 0 saturated carbocycles. The van der Waals surface area contributed by atoms with Crippen molar-refractivity contribution in [3.8, 4) is 0 Å². The fraction of sp³-hybridized carbons (Fsp3) is 0.182. The third-order valence-electron chi connectivity index (χ3n) is 2.22. The van der Waals surface area contributed by atoms with Crippen molar-refractivity contribution in [1.82, 2.24) is 9.97 Å². The quantitative estimate of drug-likeness (QED) is 0.835. The minimum Gasteiger partial charge on any atom is -0.478 e. The topological polar surface area (TPSA) is 88.3 Å². The van der Waals surface area contributed by atoms with Crippen LogP contribution in [0.2, 0.25) is 0 Å². The number of furan rings is 1. The van der Waals surface area contributed by atoms with Crippen LogP contribution in [-0.2, 0) is 6.54 Å². The van der Waals surface area contributed by atoms with Crippen LogP contribution in [0.4, 0.5) is 5.82 Å². The van der Waals surface area contributed by atoms with E-state index in [4.69, 9.17) is 9.52 Å². The highest BCUT2D eigenvalue weighted by Crippen LogP contribution is 2.15. The van der Waals surface area contributed by atoms with Crippen LogP contribution in [0.5, 0.6) is 0 Å². The van der Waals surface area contributed by atoms with Crippen LogP contribution in [0.1, 0.15) is 21.9 Å². The van der Waals surface area contributed by atoms with Gasteiger partial charge >= 0.3 is 5.97 Å². The van der Waals surface area contributed by atoms with E-state index >= 15 is 0 Å². The lowest BCUT2D eigenvalue weighted by Gasteiger charge is -2.01. The number of carboxylic acid groups (broad SMARTS) is 1. The smallest absolute Gasteiger partial charge is 0.339 e. The summed E-state index contributed by atoms with van der Waals surface area (Å²) < 4.78 is 5.31. The van der Waals surface area contributed by atoms with Gasteiger partial charge in [0, 0.05) is 6.20 Å². The van der Waals surface area contributed by atoms with Gasteiger partial charge in [-0.25, -0.2) is 14.8 Å². The lowest BCUT2D eigenvalue weighted by atomic mass is 10.2. The SMILES string of the molecule is Cc1oc(CNc2ccncn2)cc1C(=O)O. The summed E-state index contributed by atoms with van der Waals surface area (Å²) >= 11 is 0. The van der Waals surface area contributed by atoms with Crippen molar-refractivity contribution in [3.05, 3.63) is 41.7 Å². The third kappa shape index (κ3) is 2.60. The third-order valence-corrected chi connectivity index (χ3v) is 2.22. The molecular weight excluding hydrogens is 222 g/mol. The van der Waals surface area contributed by atoms with E-state index in [0.29, 0.717) is 23.9 Å². The minimum atomic E-state index is -0.987. The molecule has 2 rings (SSSR count). The zero-order valence-electron chi connectivity index (χ0n) is 9.17. The van der Waals surface area contributed by atoms with E-state index in [-0.39, 0.29) is 5.56 Å². The second-order valence-electron chi connectivity index (χ2n) is 3.44. The average Bonchev–Trinajstić information content (AvgIpc) is 2.69. The van der Waals surface area contributed by atoms with Gasteiger partial charge in [-0.15, -0.1) is 0 Å². The average molecular weight is 233 g/mol. The van der Waals surface area contributed by atoms with Crippen molar-refractivity contribution >= 4 is 11.8 Å². The first-order valence-electron chi connectivity index (χ1n) is 4.99. The monoisotopic (exact) mass is 233 g/mol. The van der Waals surface area contributed by atoms with Crippen molar-refractivity contribution in [2.45, 2.75) is 13.5 Å². The van der Waals surface area contributed by atoms with Crippen LogP contribution in [0, 0.1) is 6.92 Å². The van der Waals surface area contributed by atoms with Gasteiger partial charge in [0.15, 0.2) is 0 Å². The molecule has 0 aliphatic heterocycles. The lowest BCUT2D eigenvalue weighted by Crippen LogP contribution is -2.00. The Balaban J connectivity index is 2.05. The van der Waals surface area contributed by atoms with Gasteiger partial charge in [0.25, 0.3) is 0 Å². The van der Waals surface area contributed by atoms with Gasteiger partial charge in [0.05, 0.1) is 6.54 Å². The molecule has 0 aliphatic rings. The minimum absolute atomic E-state index is 0.185. The summed E-state index contributed by atoms with van der Waals surface area (Å²) in [6.45, 7) is 2.00. The Kier molecular flexibility index (Phi) is 3.04. The van der Waals surface area contributed by atoms with Crippen LogP contribution in [0.15, 0.2) is 29.1 Å². The molecular formula is C11H11N3O3. The van der Waals surface area contributed by atoms with Crippen LogP contribution < -0.4 is 5.32 Å². The molecule has 6 nitrogen and oxygen atoms in total. The highest BCUT2D eigenvalue weighted by atomic mass is 16.4. The van der Waals surface area contributed by atoms with Crippen LogP contribution >= 0.6 is 0 Å². The van der Waals surface area contributed by atoms with E-state index in [2.05, 4.69) is 15.3 Å². The van der Waals surface area contributed by atoms with Crippen molar-refractivity contribution in [1.29, 1.82) is 0 Å². The molecule has 0 spiro atoms. The number of aromatic carboxylic acids is 1. The first-order valence-corrected chi connectivity index (χ1v) is 4.99. The number of aryl methyl sites for hydroxylation is 1. The molecule has 0 aromatic carbocycles. The summed E-state index contributed by atoms with van der Waals surface area (Å²) in [6.07, 6.45) is 3.05. The molecule has 0 fully saturated rings. The van der Waals surface area contributed by atoms with Gasteiger partial charge in [0.2, 0.25) is 0 Å². The van der Waals surface area contributed by atoms with Gasteiger partial charge in [-0.3, -0.25) is 0 Å². The number of carboxylic acids is 1. The molecule has 17 heavy (non-hydrogen) atoms. The fourth-order valence-corrected chi connectivity index (χ4v) is 1.42. The Morgan fingerprint density at radius 1 is 1.59 bits per heavy atom. The maximum absolute atomic E-state index is 10.8. The second-order valence-corrected chi connectivity index (χ2v) is 3.44. The number of anilines is 1. The van der Waals surface area contributed by atoms with Crippen molar-refractivity contribution in [2.75, 3.05) is 5.32 Å². The lowest BCUT2D eigenvalue weighted by molar-refractivity contribution is 0.0695. The highest BCUT2D eigenvalue weighted by molar-refractivity contribution is 5.88. The molecule has 0 amide bonds. The van der Waals surface area contributed by atoms with Gasteiger partial charge in [0.1, 0.15) is 29.2 Å². The predicted octanol–water partition coefficient (Wildman–Crippen LogP) is 1.69. The van der Waals surface area contributed by atoms with E-state index < -0.39 is 5.97 Å². The molecule has 0 bridgehead atoms. The Labute approximate surface area is 97.3 Å². The number of carbonyl (C=O) groups is 1. The maximum atomic E-state index is 10.8. The highest BCUT2D eigenvalue weighted by Gasteiger charge is 2.13. The van der Waals surface area contributed by atoms with Crippen molar-refractivity contribution < 1.29 is 14.3 Å². The van der Waals surface area contributed by atoms with Crippen LogP contribution in [-0.4, -0.2) is 21.0 Å². The van der Waals surface area contributed by atoms with Gasteiger partial charge < -0.3 is 14.8 Å². The maximum Gasteiger partial charge on any atom is 0.339 e. The van der Waals surface area contributed by atoms with Gasteiger partial charge in [-0.1, -0.05) is 0 Å². The molecule has 0 aliphatic carbocycles. The molecule has 0 atom stereocenters. The van der Waals surface area contributed by atoms with Crippen molar-refractivity contribution in [3.63, 3.8) is 0 Å². The molecule has 2 heterocycles. The Morgan fingerprint density at radius 3 is 3.00 bits per heavy atom. The molecule has 0 unspecified atom stereocenters. The number of nitrogens with one attached hydrogen (secondary N) is 1. The van der Waals surface area contributed by atoms with Crippen LogP contribution in [0.25, 0.3) is 0 Å². The van der Waals surface area contributed by atoms with E-state index in [1.165, 1.54) is 12.4 Å². The fourth-order valence-electron chi connectivity index (χ4n) is 1.42. The van der Waals surface area contributed by atoms with Gasteiger partial charge in [-0.05, 0) is 19.1 Å². The van der Waals surface area contributed by atoms with E-state index in [0.717, 1.165) is 0 Å². The molecule has 88 valence electrons. The molecule has 2 aromatic rings. The van der Waals surface area contributed by atoms with E-state index in [9.17, 15) is 4.79 Å². The van der Waals surface area contributed by atoms with Gasteiger partial charge in [-0.2, -0.15) is 0 Å². The molecule has 2 N–H and O–H groups in total. The second kappa shape index (κ2) is 4.65. The molecule has 2 aromatic heterocycles. The Hall–Kier alpha value is -2.37. The molecule has 6 heteroatoms. The zero-order chi connectivity index (χ0) is 12.3. The summed E-state index contributed by atoms with van der Waals surface area (Å²) in [4.78, 5) is 18.6. The summed E-state index contributed by atoms with van der Waals surface area (Å²) in [5.41, 5.74) is 0.185. The van der Waals surface area contributed by atoms with Crippen LogP contribution in [0.3, 0.4) is 0 Å². The summed E-state index contributed by atoms with van der Waals surface area (Å²) in [5, 5.41) is 11.9. The van der Waals surface area contributed by atoms with E-state index in [1.807, 2.05) is 0 Å². The largest absolute Gasteiger partial charge is 0.478 e. The zero-order valence-corrected chi connectivity index (χ0v) is 9.17. The molecule has 0 radical (unpaired) electrons.